The molecule has 688 valence electrons. The fourth-order valence-electron chi connectivity index (χ4n) is 13.6. The maximum absolute atomic E-state index is 14.8. The van der Waals surface area contributed by atoms with Gasteiger partial charge in [0.1, 0.15) is 78.5 Å². The highest BCUT2D eigenvalue weighted by atomic mass is 16.4. The maximum atomic E-state index is 14.8. The number of primary amides is 1. The predicted molar refractivity (Wildman–Crippen MR) is 445 cm³/mol. The summed E-state index contributed by atoms with van der Waals surface area (Å²) in [6, 6.07) is 1.32. The van der Waals surface area contributed by atoms with Crippen LogP contribution in [0.15, 0.2) is 91.0 Å². The Morgan fingerprint density at radius 1 is 0.429 bits per heavy atom. The van der Waals surface area contributed by atoms with E-state index in [4.69, 9.17) is 22.6 Å². The summed E-state index contributed by atoms with van der Waals surface area (Å²) in [6.07, 6.45) is -5.50. The molecule has 0 unspecified atom stereocenters. The molecule has 0 bridgehead atoms. The first-order valence-corrected chi connectivity index (χ1v) is 41.0. The van der Waals surface area contributed by atoms with Gasteiger partial charge in [0.25, 0.3) is 0 Å². The molecule has 45 nitrogen and oxygen atoms in total. The Labute approximate surface area is 723 Å². The van der Waals surface area contributed by atoms with Crippen molar-refractivity contribution in [2.45, 2.75) is 227 Å². The lowest BCUT2D eigenvalue weighted by Gasteiger charge is -2.30. The molecule has 2 saturated heterocycles. The molecule has 2 heterocycles. The first kappa shape index (κ1) is 103. The van der Waals surface area contributed by atoms with Crippen LogP contribution in [0.4, 0.5) is 0 Å². The van der Waals surface area contributed by atoms with Crippen LogP contribution in [-0.4, -0.2) is 272 Å². The number of aliphatic carboxylic acids is 5. The summed E-state index contributed by atoms with van der Waals surface area (Å²) in [6.45, 7) is 3.91. The molecule has 2 aliphatic heterocycles. The zero-order valence-electron chi connectivity index (χ0n) is 69.9. The van der Waals surface area contributed by atoms with Gasteiger partial charge < -0.3 is 127 Å². The zero-order valence-corrected chi connectivity index (χ0v) is 69.9. The molecule has 0 saturated carbocycles. The standard InChI is InChI=1S/C81H114N20O25/c1-43(2)34-52(73(118)99-57(40-65(108)109)77(122)92-49(24-13-14-30-82)70(115)98-56(39-64(106)107)68(113)88-42-62(103)90-59(80(125)126)37-47-22-11-6-12-23-47)94-74(119)53(35-45-18-7-4-8-19-45)95-71(116)50(26-16-32-87-81(84)85)91-67(112)44(3)89-78(123)60-27-17-33-101(60)79(124)58(41-66(110)111)100-75(120)54(36-46-20-9-5-10-21-46)96-76(121)55(38-61(83)102)97-72(117)51(28-29-63(104)105)93-69(114)48-25-15-31-86-48/h4-12,18-23,43-44,48-60,86H,13-17,24-42,82H2,1-3H3,(H2,83,102)(H,88,113)(H,89,123)(H,90,103)(H,91,112)(H,92,122)(H,93,114)(H,94,119)(H,95,116)(H,96,121)(H,97,117)(H,98,115)(H,99,118)(H,100,120)(H,104,105)(H,106,107)(H,108,109)(H,110,111)(H,125,126)(H4,84,85,87)/t44-,48-,49-,50-,51-,52-,53-,54-,55-,56-,57-,58-,59-,60-/m0/s1. The minimum absolute atomic E-state index is 0.00641. The summed E-state index contributed by atoms with van der Waals surface area (Å²) in [5.41, 5.74) is 18.1. The minimum atomic E-state index is -2.03. The molecule has 5 rings (SSSR count). The average Bonchev–Trinajstić information content (AvgIpc) is 1.55. The van der Waals surface area contributed by atoms with Crippen molar-refractivity contribution >= 4 is 124 Å². The molecule has 2 aliphatic rings. The van der Waals surface area contributed by atoms with Gasteiger partial charge in [-0.1, -0.05) is 105 Å². The van der Waals surface area contributed by atoms with Crippen molar-refractivity contribution in [3.63, 3.8) is 0 Å². The molecule has 0 aromatic heterocycles. The molecule has 15 amide bonds. The number of nitrogens with two attached hydrogens (primary N) is 3. The number of likely N-dealkylation sites (tertiary alicyclic amines) is 1. The van der Waals surface area contributed by atoms with Gasteiger partial charge in [0, 0.05) is 38.8 Å². The topological polar surface area (TPSA) is 728 Å². The molecule has 45 heteroatoms. The van der Waals surface area contributed by atoms with Crippen molar-refractivity contribution < 1.29 is 121 Å². The monoisotopic (exact) mass is 1770 g/mol. The minimum Gasteiger partial charge on any atom is -0.481 e. The molecule has 27 N–H and O–H groups in total. The third kappa shape index (κ3) is 36.7. The van der Waals surface area contributed by atoms with Gasteiger partial charge in [0.05, 0.1) is 38.3 Å². The summed E-state index contributed by atoms with van der Waals surface area (Å²) in [4.78, 5) is 272. The normalized spacial score (nSPS) is 16.2. The van der Waals surface area contributed by atoms with E-state index in [1.54, 1.807) is 105 Å². The number of rotatable bonds is 55. The van der Waals surface area contributed by atoms with E-state index in [2.05, 4.69) is 79.8 Å². The van der Waals surface area contributed by atoms with E-state index in [1.807, 2.05) is 0 Å². The number of hydrogen-bond donors (Lipinski definition) is 24. The van der Waals surface area contributed by atoms with Crippen LogP contribution >= 0.6 is 0 Å². The molecule has 0 spiro atoms. The van der Waals surface area contributed by atoms with E-state index in [-0.39, 0.29) is 90.3 Å². The summed E-state index contributed by atoms with van der Waals surface area (Å²) < 4.78 is 0. The molecule has 14 atom stereocenters. The third-order valence-corrected chi connectivity index (χ3v) is 20.0. The summed E-state index contributed by atoms with van der Waals surface area (Å²) in [5, 5.41) is 93.5. The van der Waals surface area contributed by atoms with Crippen LogP contribution in [0.25, 0.3) is 0 Å². The number of nitrogens with zero attached hydrogens (tertiary/aromatic N) is 1. The fraction of sp³-hybridized carbons (Fsp3) is 0.519. The number of carboxylic acids is 5. The van der Waals surface area contributed by atoms with Gasteiger partial charge in [-0.15, -0.1) is 0 Å². The second-order valence-electron chi connectivity index (χ2n) is 30.7. The molecular weight excluding hydrogens is 1650 g/mol. The molecule has 2 fully saturated rings. The predicted octanol–water partition coefficient (Wildman–Crippen LogP) is -5.90. The van der Waals surface area contributed by atoms with Crippen LogP contribution in [-0.2, 0) is 115 Å². The smallest absolute Gasteiger partial charge is 0.326 e. The molecular formula is C81H114N20O25. The van der Waals surface area contributed by atoms with Crippen LogP contribution in [0.1, 0.15) is 140 Å². The van der Waals surface area contributed by atoms with Crippen molar-refractivity contribution in [3.8, 4) is 0 Å². The number of hydrogen-bond acceptors (Lipinski definition) is 23. The van der Waals surface area contributed by atoms with Crippen molar-refractivity contribution in [2.75, 3.05) is 32.7 Å². The lowest BCUT2D eigenvalue weighted by atomic mass is 10.00. The van der Waals surface area contributed by atoms with E-state index in [0.29, 0.717) is 36.1 Å². The van der Waals surface area contributed by atoms with E-state index >= 15 is 0 Å². The van der Waals surface area contributed by atoms with Gasteiger partial charge in [-0.25, -0.2) is 4.79 Å². The van der Waals surface area contributed by atoms with Crippen LogP contribution in [0.5, 0.6) is 0 Å². The fourth-order valence-corrected chi connectivity index (χ4v) is 13.6. The van der Waals surface area contributed by atoms with Crippen LogP contribution in [0, 0.1) is 11.3 Å². The van der Waals surface area contributed by atoms with Gasteiger partial charge in [0.2, 0.25) is 88.6 Å². The second kappa shape index (κ2) is 52.7. The van der Waals surface area contributed by atoms with Gasteiger partial charge >= 0.3 is 29.8 Å². The Balaban J connectivity index is 1.34. The first-order chi connectivity index (χ1) is 59.7. The number of carboxylic acid groups (broad SMARTS) is 5. The highest BCUT2D eigenvalue weighted by molar-refractivity contribution is 6.02. The van der Waals surface area contributed by atoms with Crippen molar-refractivity contribution in [1.82, 2.24) is 84.7 Å². The Morgan fingerprint density at radius 3 is 1.31 bits per heavy atom. The summed E-state index contributed by atoms with van der Waals surface area (Å²) in [5.74, 6) is -24.9. The number of carbonyl (C=O) groups is 20. The SMILES string of the molecule is CC(C)C[C@H](NC(=O)[C@H](Cc1ccccc1)NC(=O)[C@H](CCCNC(=N)N)NC(=O)[C@H](C)NC(=O)[C@@H]1CCCN1C(=O)[C@H](CC(=O)O)NC(=O)[C@H](Cc1ccccc1)NC(=O)[C@H](CC(N)=O)NC(=O)[C@H](CCC(=O)O)NC(=O)[C@@H]1CCCN1)C(=O)N[C@@H](CC(=O)O)C(=O)N[C@@H](CCCCN)C(=O)N[C@@H](CC(=O)O)C(=O)NCC(=O)N[C@@H](Cc1ccccc1)C(=O)O. The Morgan fingerprint density at radius 2 is 0.849 bits per heavy atom. The zero-order chi connectivity index (χ0) is 93.3. The van der Waals surface area contributed by atoms with Crippen LogP contribution in [0.2, 0.25) is 0 Å². The Hall–Kier alpha value is -13.7. The van der Waals surface area contributed by atoms with E-state index in [0.717, 1.165) is 4.90 Å². The highest BCUT2D eigenvalue weighted by Crippen LogP contribution is 2.21. The van der Waals surface area contributed by atoms with Gasteiger partial charge in [0.15, 0.2) is 5.96 Å². The number of guanidine groups is 1. The third-order valence-electron chi connectivity index (χ3n) is 20.0. The maximum Gasteiger partial charge on any atom is 0.326 e. The van der Waals surface area contributed by atoms with Crippen LogP contribution < -0.4 is 97.0 Å². The average molecular weight is 1770 g/mol. The van der Waals surface area contributed by atoms with Gasteiger partial charge in [-0.2, -0.15) is 0 Å². The van der Waals surface area contributed by atoms with Crippen molar-refractivity contribution in [2.24, 2.45) is 23.1 Å². The molecule has 3 aromatic rings. The van der Waals surface area contributed by atoms with E-state index in [1.165, 1.54) is 6.92 Å². The Bertz CT molecular complexity index is 4330. The lowest BCUT2D eigenvalue weighted by molar-refractivity contribution is -0.146. The largest absolute Gasteiger partial charge is 0.481 e. The quantitative estimate of drug-likeness (QED) is 0.0142. The molecule has 126 heavy (non-hydrogen) atoms. The number of carbonyl (C=O) groups excluding carboxylic acids is 15. The van der Waals surface area contributed by atoms with E-state index < -0.39 is 260 Å². The number of benzene rings is 3. The number of nitrogens with one attached hydrogen (secondary N) is 16. The molecule has 0 radical (unpaired) electrons. The summed E-state index contributed by atoms with van der Waals surface area (Å²) >= 11 is 0. The van der Waals surface area contributed by atoms with Gasteiger partial charge in [-0.05, 0) is 113 Å². The van der Waals surface area contributed by atoms with E-state index in [9.17, 15) is 121 Å². The van der Waals surface area contributed by atoms with Gasteiger partial charge in [-0.3, -0.25) is 96.5 Å². The number of unbranched alkanes of at least 4 members (excludes halogenated alkanes) is 1. The Kier molecular flexibility index (Phi) is 43.0. The highest BCUT2D eigenvalue weighted by Gasteiger charge is 2.43. The molecule has 0 aliphatic carbocycles. The number of amides is 15. The summed E-state index contributed by atoms with van der Waals surface area (Å²) in [7, 11) is 0. The molecule has 3 aromatic carbocycles. The van der Waals surface area contributed by atoms with Crippen molar-refractivity contribution in [1.29, 1.82) is 5.41 Å². The lowest BCUT2D eigenvalue weighted by Crippen LogP contribution is -2.61. The first-order valence-electron chi connectivity index (χ1n) is 41.0. The van der Waals surface area contributed by atoms with Crippen LogP contribution in [0.3, 0.4) is 0 Å². The second-order valence-corrected chi connectivity index (χ2v) is 30.7. The van der Waals surface area contributed by atoms with Crippen molar-refractivity contribution in [3.05, 3.63) is 108 Å².